The molecule has 1 aliphatic heterocycles. The molecule has 1 aromatic heterocycles. The highest BCUT2D eigenvalue weighted by Crippen LogP contribution is 2.37. The first-order valence-electron chi connectivity index (χ1n) is 8.92. The Morgan fingerprint density at radius 2 is 1.75 bits per heavy atom. The molecule has 1 aliphatic rings. The third kappa shape index (κ3) is 3.27. The number of amides is 1. The average molecular weight is 392 g/mol. The van der Waals surface area contributed by atoms with Crippen LogP contribution in [-0.2, 0) is 0 Å². The minimum absolute atomic E-state index is 0.163. The lowest BCUT2D eigenvalue weighted by Gasteiger charge is -2.21. The number of rotatable bonds is 5. The summed E-state index contributed by atoms with van der Waals surface area (Å²) in [4.78, 5) is 13.4. The maximum atomic E-state index is 13.4. The largest absolute Gasteiger partial charge is 0.496 e. The van der Waals surface area contributed by atoms with Crippen molar-refractivity contribution in [3.05, 3.63) is 82.0 Å². The molecule has 2 heterocycles. The van der Waals surface area contributed by atoms with Crippen molar-refractivity contribution in [3.63, 3.8) is 0 Å². The molecule has 6 heteroatoms. The van der Waals surface area contributed by atoms with Crippen LogP contribution in [0, 0.1) is 0 Å². The lowest BCUT2D eigenvalue weighted by atomic mass is 9.99. The fourth-order valence-electron chi connectivity index (χ4n) is 3.41. The lowest BCUT2D eigenvalue weighted by Crippen LogP contribution is -2.27. The molecule has 3 aromatic rings. The highest BCUT2D eigenvalue weighted by Gasteiger charge is 2.35. The Morgan fingerprint density at radius 3 is 2.46 bits per heavy atom. The standard InChI is InChI=1S/C22H20N2O3S/c1-26-20-9-5-3-7-16(20)18-13-19(15-11-12-28-14-15)24(23-18)22(25)17-8-4-6-10-21(17)27-2/h3-12,14,19H,13H2,1-2H3. The molecular weight excluding hydrogens is 372 g/mol. The summed E-state index contributed by atoms with van der Waals surface area (Å²) >= 11 is 1.61. The van der Waals surface area contributed by atoms with Crippen molar-refractivity contribution in [2.45, 2.75) is 12.5 Å². The van der Waals surface area contributed by atoms with Gasteiger partial charge in [-0.15, -0.1) is 0 Å². The quantitative estimate of drug-likeness (QED) is 0.629. The molecule has 0 saturated carbocycles. The van der Waals surface area contributed by atoms with Crippen LogP contribution in [0.25, 0.3) is 0 Å². The van der Waals surface area contributed by atoms with Crippen molar-refractivity contribution < 1.29 is 14.3 Å². The van der Waals surface area contributed by atoms with Crippen LogP contribution in [0.4, 0.5) is 0 Å². The van der Waals surface area contributed by atoms with Crippen molar-refractivity contribution in [2.24, 2.45) is 5.10 Å². The van der Waals surface area contributed by atoms with E-state index in [1.54, 1.807) is 42.7 Å². The SMILES string of the molecule is COc1ccccc1C(=O)N1N=C(c2ccccc2OC)CC1c1ccsc1. The van der Waals surface area contributed by atoms with Crippen LogP contribution >= 0.6 is 11.3 Å². The Hall–Kier alpha value is -3.12. The number of methoxy groups -OCH3 is 2. The van der Waals surface area contributed by atoms with Crippen LogP contribution in [-0.4, -0.2) is 30.8 Å². The summed E-state index contributed by atoms with van der Waals surface area (Å²) in [5.41, 5.74) is 3.30. The van der Waals surface area contributed by atoms with Crippen LogP contribution in [0.5, 0.6) is 11.5 Å². The molecule has 2 aromatic carbocycles. The van der Waals surface area contributed by atoms with E-state index in [-0.39, 0.29) is 11.9 Å². The molecule has 5 nitrogen and oxygen atoms in total. The molecule has 1 unspecified atom stereocenters. The number of nitrogens with zero attached hydrogens (tertiary/aromatic N) is 2. The summed E-state index contributed by atoms with van der Waals surface area (Å²) in [7, 11) is 3.21. The number of ether oxygens (including phenoxy) is 2. The van der Waals surface area contributed by atoms with Crippen LogP contribution in [0.2, 0.25) is 0 Å². The third-order valence-corrected chi connectivity index (χ3v) is 5.50. The second kappa shape index (κ2) is 7.86. The van der Waals surface area contributed by atoms with Gasteiger partial charge in [-0.05, 0) is 46.7 Å². The fraction of sp³-hybridized carbons (Fsp3) is 0.182. The molecule has 0 radical (unpaired) electrons. The monoisotopic (exact) mass is 392 g/mol. The molecule has 0 N–H and O–H groups in total. The maximum absolute atomic E-state index is 13.4. The molecule has 0 saturated heterocycles. The van der Waals surface area contributed by atoms with E-state index in [1.807, 2.05) is 47.8 Å². The van der Waals surface area contributed by atoms with E-state index in [9.17, 15) is 4.79 Å². The van der Waals surface area contributed by atoms with Gasteiger partial charge in [0.15, 0.2) is 0 Å². The van der Waals surface area contributed by atoms with Gasteiger partial charge in [-0.25, -0.2) is 5.01 Å². The van der Waals surface area contributed by atoms with Crippen LogP contribution in [0.3, 0.4) is 0 Å². The summed E-state index contributed by atoms with van der Waals surface area (Å²) in [6, 6.07) is 16.9. The van der Waals surface area contributed by atoms with E-state index < -0.39 is 0 Å². The average Bonchev–Trinajstić information content (AvgIpc) is 3.43. The molecule has 4 rings (SSSR count). The van der Waals surface area contributed by atoms with Crippen molar-refractivity contribution in [3.8, 4) is 11.5 Å². The van der Waals surface area contributed by atoms with E-state index in [2.05, 4.69) is 5.38 Å². The number of para-hydroxylation sites is 2. The number of hydrogen-bond donors (Lipinski definition) is 0. The second-order valence-corrected chi connectivity index (χ2v) is 7.15. The van der Waals surface area contributed by atoms with Crippen molar-refractivity contribution >= 4 is 23.0 Å². The fourth-order valence-corrected chi connectivity index (χ4v) is 4.12. The van der Waals surface area contributed by atoms with Gasteiger partial charge < -0.3 is 9.47 Å². The third-order valence-electron chi connectivity index (χ3n) is 4.80. The molecular formula is C22H20N2O3S. The predicted molar refractivity (Wildman–Crippen MR) is 110 cm³/mol. The highest BCUT2D eigenvalue weighted by molar-refractivity contribution is 7.08. The summed E-state index contributed by atoms with van der Waals surface area (Å²) in [6.45, 7) is 0. The zero-order valence-corrected chi connectivity index (χ0v) is 16.5. The van der Waals surface area contributed by atoms with E-state index in [0.29, 0.717) is 17.7 Å². The van der Waals surface area contributed by atoms with E-state index in [4.69, 9.17) is 14.6 Å². The Balaban J connectivity index is 1.77. The zero-order valence-electron chi connectivity index (χ0n) is 15.7. The van der Waals surface area contributed by atoms with Crippen LogP contribution < -0.4 is 9.47 Å². The summed E-state index contributed by atoms with van der Waals surface area (Å²) in [6.07, 6.45) is 0.623. The Labute approximate surface area is 167 Å². The van der Waals surface area contributed by atoms with Crippen molar-refractivity contribution in [1.82, 2.24) is 5.01 Å². The van der Waals surface area contributed by atoms with E-state index in [1.165, 1.54) is 0 Å². The lowest BCUT2D eigenvalue weighted by molar-refractivity contribution is 0.0708. The molecule has 0 bridgehead atoms. The second-order valence-electron chi connectivity index (χ2n) is 6.37. The van der Waals surface area contributed by atoms with Gasteiger partial charge >= 0.3 is 0 Å². The van der Waals surface area contributed by atoms with Gasteiger partial charge in [0.2, 0.25) is 0 Å². The van der Waals surface area contributed by atoms with Gasteiger partial charge in [0.1, 0.15) is 11.5 Å². The molecule has 0 spiro atoms. The number of thiophene rings is 1. The Kier molecular flexibility index (Phi) is 5.12. The van der Waals surface area contributed by atoms with E-state index >= 15 is 0 Å². The minimum Gasteiger partial charge on any atom is -0.496 e. The number of hydrogen-bond acceptors (Lipinski definition) is 5. The number of hydrazone groups is 1. The first kappa shape index (κ1) is 18.3. The number of carbonyl (C=O) groups is 1. The molecule has 1 amide bonds. The maximum Gasteiger partial charge on any atom is 0.278 e. The first-order chi connectivity index (χ1) is 13.7. The molecule has 0 aliphatic carbocycles. The smallest absolute Gasteiger partial charge is 0.278 e. The molecule has 0 fully saturated rings. The summed E-state index contributed by atoms with van der Waals surface area (Å²) in [5.74, 6) is 1.10. The first-order valence-corrected chi connectivity index (χ1v) is 9.86. The van der Waals surface area contributed by atoms with Gasteiger partial charge in [0.25, 0.3) is 5.91 Å². The predicted octanol–water partition coefficient (Wildman–Crippen LogP) is 4.76. The van der Waals surface area contributed by atoms with Gasteiger partial charge in [-0.2, -0.15) is 16.4 Å². The topological polar surface area (TPSA) is 51.1 Å². The van der Waals surface area contributed by atoms with Crippen molar-refractivity contribution in [1.29, 1.82) is 0 Å². The Bertz CT molecular complexity index is 1010. The molecule has 1 atom stereocenters. The Morgan fingerprint density at radius 1 is 1.04 bits per heavy atom. The van der Waals surface area contributed by atoms with Crippen molar-refractivity contribution in [2.75, 3.05) is 14.2 Å². The van der Waals surface area contributed by atoms with Gasteiger partial charge in [0, 0.05) is 12.0 Å². The van der Waals surface area contributed by atoms with Gasteiger partial charge in [-0.3, -0.25) is 4.79 Å². The molecule has 28 heavy (non-hydrogen) atoms. The van der Waals surface area contributed by atoms with Crippen LogP contribution in [0.1, 0.15) is 33.9 Å². The number of benzene rings is 2. The number of carbonyl (C=O) groups excluding carboxylic acids is 1. The van der Waals surface area contributed by atoms with Gasteiger partial charge in [0.05, 0.1) is 31.5 Å². The van der Waals surface area contributed by atoms with Gasteiger partial charge in [-0.1, -0.05) is 24.3 Å². The normalized spacial score (nSPS) is 16.0. The summed E-state index contributed by atoms with van der Waals surface area (Å²) in [5, 5.41) is 10.4. The minimum atomic E-state index is -0.182. The van der Waals surface area contributed by atoms with Crippen LogP contribution in [0.15, 0.2) is 70.5 Å². The van der Waals surface area contributed by atoms with E-state index in [0.717, 1.165) is 22.6 Å². The summed E-state index contributed by atoms with van der Waals surface area (Å²) < 4.78 is 10.9. The molecule has 142 valence electrons. The zero-order chi connectivity index (χ0) is 19.5. The highest BCUT2D eigenvalue weighted by atomic mass is 32.1.